The van der Waals surface area contributed by atoms with Crippen LogP contribution in [0.5, 0.6) is 0 Å². The predicted octanol–water partition coefficient (Wildman–Crippen LogP) is 0.784. The quantitative estimate of drug-likeness (QED) is 0.0407. The van der Waals surface area contributed by atoms with Gasteiger partial charge in [-0.05, 0) is 50.7 Å². The van der Waals surface area contributed by atoms with Crippen LogP contribution >= 0.6 is 0 Å². The molecule has 0 fully saturated rings. The average Bonchev–Trinajstić information content (AvgIpc) is 1.63. The summed E-state index contributed by atoms with van der Waals surface area (Å²) in [6.45, 7) is 18.0. The Kier molecular flexibility index (Phi) is 40.7. The van der Waals surface area contributed by atoms with Gasteiger partial charge in [0.2, 0.25) is 41.4 Å². The molecule has 8 amide bonds. The number of likely N-dealkylation sites (N-methyl/N-ethyl adjacent to an activating group) is 2. The lowest BCUT2D eigenvalue weighted by molar-refractivity contribution is -0.150. The number of ketones is 5. The van der Waals surface area contributed by atoms with Crippen LogP contribution in [-0.2, 0) is 127 Å². The molecule has 0 saturated heterocycles. The molecule has 0 aliphatic carbocycles. The summed E-state index contributed by atoms with van der Waals surface area (Å²) in [5.41, 5.74) is -2.08. The van der Waals surface area contributed by atoms with Crippen LogP contribution in [0.4, 0.5) is 4.79 Å². The van der Waals surface area contributed by atoms with Gasteiger partial charge in [0.15, 0.2) is 28.9 Å². The van der Waals surface area contributed by atoms with Crippen molar-refractivity contribution in [3.63, 3.8) is 0 Å². The normalized spacial score (nSPS) is 14.8. The van der Waals surface area contributed by atoms with Gasteiger partial charge >= 0.3 is 71.8 Å². The summed E-state index contributed by atoms with van der Waals surface area (Å²) in [4.78, 5) is 318. The van der Waals surface area contributed by atoms with Gasteiger partial charge in [0.05, 0.1) is 130 Å². The highest BCUT2D eigenvalue weighted by Gasteiger charge is 2.48. The zero-order valence-electron chi connectivity index (χ0n) is 71.1. The van der Waals surface area contributed by atoms with E-state index in [1.54, 1.807) is 74.6 Å². The lowest BCUT2D eigenvalue weighted by Crippen LogP contribution is -2.63. The van der Waals surface area contributed by atoms with Crippen LogP contribution in [-0.4, -0.2) is 281 Å². The van der Waals surface area contributed by atoms with Crippen molar-refractivity contribution in [2.75, 3.05) is 14.1 Å². The topological polar surface area (TPSA) is 725 Å². The van der Waals surface area contributed by atoms with E-state index in [-0.39, 0.29) is 5.57 Å². The van der Waals surface area contributed by atoms with Crippen LogP contribution in [0.25, 0.3) is 10.9 Å². The van der Waals surface area contributed by atoms with Crippen molar-refractivity contribution < 1.29 is 176 Å². The van der Waals surface area contributed by atoms with Gasteiger partial charge in [-0.15, -0.1) is 0 Å². The molecule has 690 valence electrons. The summed E-state index contributed by atoms with van der Waals surface area (Å²) < 4.78 is 7.59. The summed E-state index contributed by atoms with van der Waals surface area (Å²) in [7, 11) is 4.57. The summed E-state index contributed by atoms with van der Waals surface area (Å²) in [5.74, 6) is -49.0. The van der Waals surface area contributed by atoms with Crippen LogP contribution in [0.1, 0.15) is 178 Å². The Morgan fingerprint density at radius 2 is 0.696 bits per heavy atom. The zero-order valence-corrected chi connectivity index (χ0v) is 71.1. The molecule has 1 aromatic heterocycles. The number of para-hydroxylation sites is 1. The molecule has 1 heterocycles. The van der Waals surface area contributed by atoms with Crippen LogP contribution < -0.4 is 31.9 Å². The van der Waals surface area contributed by atoms with E-state index in [0.29, 0.717) is 5.56 Å². The molecule has 0 radical (unpaired) electrons. The maximum Gasteiger partial charge on any atom is 0.410 e. The first-order chi connectivity index (χ1) is 57.4. The number of amides is 8. The first kappa shape index (κ1) is 108. The van der Waals surface area contributed by atoms with Crippen LogP contribution in [0.2, 0.25) is 0 Å². The van der Waals surface area contributed by atoms with E-state index in [1.807, 2.05) is 58.0 Å². The smallest absolute Gasteiger partial charge is 0.410 e. The summed E-state index contributed by atoms with van der Waals surface area (Å²) in [6.07, 6.45) is -18.5. The number of benzene rings is 1. The molecule has 17 N–H and O–H groups in total. The van der Waals surface area contributed by atoms with Crippen LogP contribution in [0, 0.1) is 40.9 Å². The number of ether oxygens (including phenoxy) is 1. The Balaban J connectivity index is 2.56. The fourth-order valence-electron chi connectivity index (χ4n) is 13.5. The largest absolute Gasteiger partial charge is 0.481 e. The van der Waals surface area contributed by atoms with Gasteiger partial charge in [0.25, 0.3) is 0 Å². The molecule has 2 rings (SSSR count). The first-order valence-electron chi connectivity index (χ1n) is 38.7. The standard InChI is InChI=1S/C80H109N9O36/c1-36(2)51(88(13)75(121)67(78(4,5)6)86-74(120)68(89(14)77(124)125-79(7,8)9)80(10,11)44-35-87(12)50-18-16-15-17-43(44)50)19-37(3)69(115)81-45(30-62(105)106)52(90)20-38(25-57(95)96)70(116)82-46(31-63(107)108)53(91)21-39(26-58(97)98)71(117)83-47(32-64(109)110)54(92)22-40(27-59(99)100)72(118)84-48(33-65(111)112)55(93)23-41(28-60(101)102)73(119)85-49(34-66(113)114)56(94)24-42(76(122)123)29-61(103)104/h15-19,35-36,38-42,45-49,51,67-68H,20-34H2,1-14H3,(H,81,115)(H,82,116)(H,83,117)(H,84,118)(H,85,119)(H,86,120)(H,95,96)(H,97,98)(H,99,100)(H,101,102)(H,103,104)(H,105,106)(H,107,108)(H,109,110)(H,111,112)(H,113,114)(H,122,123)/b37-19+/t38-,39-,40-,41-,42-,45-,46-,47-,48-,49-,51+,67+,68+/m0/s1. The number of nitrogens with zero attached hydrogens (tertiary/aromatic N) is 3. The van der Waals surface area contributed by atoms with Crippen LogP contribution in [0.3, 0.4) is 0 Å². The van der Waals surface area contributed by atoms with Crippen molar-refractivity contribution >= 4 is 153 Å². The summed E-state index contributed by atoms with van der Waals surface area (Å²) >= 11 is 0. The number of carboxylic acids is 11. The van der Waals surface area contributed by atoms with Gasteiger partial charge in [-0.2, -0.15) is 0 Å². The minimum atomic E-state index is -2.46. The van der Waals surface area contributed by atoms with E-state index in [0.717, 1.165) is 15.8 Å². The highest BCUT2D eigenvalue weighted by atomic mass is 16.6. The van der Waals surface area contributed by atoms with Gasteiger partial charge in [0.1, 0.15) is 17.7 Å². The third-order valence-corrected chi connectivity index (χ3v) is 19.8. The van der Waals surface area contributed by atoms with Crippen molar-refractivity contribution in [3.8, 4) is 0 Å². The van der Waals surface area contributed by atoms with E-state index >= 15 is 9.59 Å². The molecular formula is C80H109N9O36. The molecule has 1 aromatic carbocycles. The molecule has 0 aliphatic heterocycles. The number of carbonyl (C=O) groups excluding carboxylic acids is 13. The number of hydrogen-bond donors (Lipinski definition) is 17. The third-order valence-electron chi connectivity index (χ3n) is 19.8. The predicted molar refractivity (Wildman–Crippen MR) is 426 cm³/mol. The number of aromatic nitrogens is 1. The minimum Gasteiger partial charge on any atom is -0.481 e. The Morgan fingerprint density at radius 3 is 0.984 bits per heavy atom. The number of fused-ring (bicyclic) bond motifs is 1. The molecule has 0 saturated carbocycles. The molecule has 45 heteroatoms. The molecule has 45 nitrogen and oxygen atoms in total. The van der Waals surface area contributed by atoms with E-state index in [1.165, 1.54) is 32.0 Å². The van der Waals surface area contributed by atoms with Gasteiger partial charge in [-0.3, -0.25) is 115 Å². The Bertz CT molecular complexity index is 4520. The van der Waals surface area contributed by atoms with Crippen molar-refractivity contribution in [2.24, 2.45) is 48.0 Å². The lowest BCUT2D eigenvalue weighted by atomic mass is 9.76. The monoisotopic (exact) mass is 1770 g/mol. The number of aryl methyl sites for hydroxylation is 1. The number of aliphatic carboxylic acids is 11. The number of rotatable bonds is 55. The van der Waals surface area contributed by atoms with Gasteiger partial charge in [0, 0.05) is 81.3 Å². The van der Waals surface area contributed by atoms with Crippen molar-refractivity contribution in [1.82, 2.24) is 46.3 Å². The Morgan fingerprint density at radius 1 is 0.400 bits per heavy atom. The molecular weight excluding hydrogens is 1660 g/mol. The number of Topliss-reactive ketones (excluding diaryl/α,β-unsaturated/α-hetero) is 5. The second kappa shape index (κ2) is 47.3. The van der Waals surface area contributed by atoms with E-state index in [9.17, 15) is 157 Å². The molecule has 0 bridgehead atoms. The lowest BCUT2D eigenvalue weighted by Gasteiger charge is -2.42. The maximum atomic E-state index is 15.1. The average molecular weight is 1770 g/mol. The zero-order chi connectivity index (χ0) is 96.3. The van der Waals surface area contributed by atoms with Gasteiger partial charge in [-0.25, -0.2) is 4.79 Å². The fraction of sp³-hybridized carbons (Fsp3) is 0.575. The SMILES string of the molecule is C/C(=C\[C@H](C(C)C)N(C)C(=O)[C@@H](NC(=O)[C@@H](N(C)C(=O)OC(C)(C)C)C(C)(C)c1cn(C)c2ccccc12)C(C)(C)C)C(=O)N[C@@H](CC(=O)O)C(=O)C[C@@H](CC(=O)O)C(=O)N[C@@H](CC(=O)O)C(=O)C[C@@H](CC(=O)O)C(=O)N[C@@H](CC(=O)O)C(=O)C[C@@H](CC(=O)O)C(=O)N[C@@H](CC(=O)O)C(=O)C[C@@H](CC(=O)O)C(=O)N[C@@H](CC(=O)O)C(=O)C[C@@H](CC(=O)O)C(=O)O. The van der Waals surface area contributed by atoms with E-state index in [4.69, 9.17) is 9.84 Å². The van der Waals surface area contributed by atoms with Gasteiger partial charge in [-0.1, -0.05) is 72.7 Å². The molecule has 13 atom stereocenters. The molecule has 2 aromatic rings. The van der Waals surface area contributed by atoms with Crippen molar-refractivity contribution in [1.29, 1.82) is 0 Å². The minimum absolute atomic E-state index is 0.262. The van der Waals surface area contributed by atoms with E-state index < -0.39 is 339 Å². The van der Waals surface area contributed by atoms with Gasteiger partial charge < -0.3 is 102 Å². The van der Waals surface area contributed by atoms with Crippen molar-refractivity contribution in [3.05, 3.63) is 47.7 Å². The second-order valence-electron chi connectivity index (χ2n) is 33.2. The number of carboxylic acid groups (broad SMARTS) is 11. The van der Waals surface area contributed by atoms with E-state index in [2.05, 4.69) is 10.6 Å². The third kappa shape index (κ3) is 35.2. The number of carbonyl (C=O) groups is 24. The first-order valence-corrected chi connectivity index (χ1v) is 38.7. The second-order valence-corrected chi connectivity index (χ2v) is 33.2. The van der Waals surface area contributed by atoms with Crippen LogP contribution in [0.15, 0.2) is 42.1 Å². The fourth-order valence-corrected chi connectivity index (χ4v) is 13.5. The number of hydrogen-bond acceptors (Lipinski definition) is 25. The maximum absolute atomic E-state index is 15.1. The molecule has 125 heavy (non-hydrogen) atoms. The molecule has 0 aliphatic rings. The molecule has 0 spiro atoms. The Hall–Kier alpha value is -13.4. The summed E-state index contributed by atoms with van der Waals surface area (Å²) in [6, 6.07) is -8.01. The Labute approximate surface area is 714 Å². The van der Waals surface area contributed by atoms with Crippen molar-refractivity contribution in [2.45, 2.75) is 232 Å². The molecule has 0 unspecified atom stereocenters. The highest BCUT2D eigenvalue weighted by molar-refractivity contribution is 6.04. The number of nitrogens with one attached hydrogen (secondary N) is 6. The summed E-state index contributed by atoms with van der Waals surface area (Å²) in [5, 5.41) is 120. The highest BCUT2D eigenvalue weighted by Crippen LogP contribution is 2.38.